The molecule has 21 heavy (non-hydrogen) atoms. The molecule has 112 valence electrons. The molecule has 0 unspecified atom stereocenters. The van der Waals surface area contributed by atoms with Crippen molar-refractivity contribution < 1.29 is 13.9 Å². The van der Waals surface area contributed by atoms with Gasteiger partial charge in [-0.15, -0.1) is 0 Å². The Bertz CT molecular complexity index is 708. The van der Waals surface area contributed by atoms with Gasteiger partial charge in [-0.1, -0.05) is 0 Å². The molecule has 1 amide bonds. The number of ether oxygens (including phenoxy) is 1. The first-order valence-electron chi connectivity index (χ1n) is 6.79. The van der Waals surface area contributed by atoms with Crippen molar-refractivity contribution in [1.29, 1.82) is 0 Å². The quantitative estimate of drug-likeness (QED) is 0.855. The molecule has 1 aromatic carbocycles. The number of amides is 1. The molecule has 0 saturated heterocycles. The van der Waals surface area contributed by atoms with E-state index in [1.54, 1.807) is 6.07 Å². The molecule has 1 aromatic heterocycles. The molecule has 0 aliphatic heterocycles. The Hall–Kier alpha value is -2.08. The molecule has 0 atom stereocenters. The normalized spacial score (nSPS) is 10.6. The van der Waals surface area contributed by atoms with E-state index in [1.165, 1.54) is 0 Å². The lowest BCUT2D eigenvalue weighted by atomic mass is 10.1. The van der Waals surface area contributed by atoms with E-state index in [0.29, 0.717) is 10.3 Å². The van der Waals surface area contributed by atoms with E-state index in [9.17, 15) is 4.79 Å². The Balaban J connectivity index is 2.48. The zero-order chi connectivity index (χ0) is 15.4. The van der Waals surface area contributed by atoms with Crippen LogP contribution < -0.4 is 10.6 Å². The second-order valence-electron chi connectivity index (χ2n) is 4.55. The van der Waals surface area contributed by atoms with E-state index in [1.807, 2.05) is 18.2 Å². The van der Waals surface area contributed by atoms with Gasteiger partial charge in [0.2, 0.25) is 0 Å². The van der Waals surface area contributed by atoms with Crippen LogP contribution in [0.4, 0.5) is 10.5 Å². The van der Waals surface area contributed by atoms with E-state index >= 15 is 0 Å². The smallest absolute Gasteiger partial charge is 0.404 e. The summed E-state index contributed by atoms with van der Waals surface area (Å²) in [4.78, 5) is 13.0. The molecule has 0 spiro atoms. The zero-order valence-electron chi connectivity index (χ0n) is 12.1. The van der Waals surface area contributed by atoms with Crippen LogP contribution in [0.3, 0.4) is 0 Å². The molecular formula is C15H18N2O3S. The maximum atomic E-state index is 10.8. The second-order valence-corrected chi connectivity index (χ2v) is 4.95. The largest absolute Gasteiger partial charge is 0.445 e. The van der Waals surface area contributed by atoms with Gasteiger partial charge in [-0.25, -0.2) is 4.79 Å². The van der Waals surface area contributed by atoms with E-state index in [0.717, 1.165) is 29.7 Å². The molecular weight excluding hydrogens is 288 g/mol. The SMILES string of the molecule is CCN(CC)c1ccc2c(COC(N)=O)cc(=S)oc2c1. The Kier molecular flexibility index (Phi) is 4.80. The predicted molar refractivity (Wildman–Crippen MR) is 85.0 cm³/mol. The van der Waals surface area contributed by atoms with Crippen LogP contribution in [0, 0.1) is 4.71 Å². The first-order chi connectivity index (χ1) is 10.0. The highest BCUT2D eigenvalue weighted by Gasteiger charge is 2.09. The van der Waals surface area contributed by atoms with E-state index in [4.69, 9.17) is 27.1 Å². The van der Waals surface area contributed by atoms with Crippen LogP contribution in [0.15, 0.2) is 28.7 Å². The summed E-state index contributed by atoms with van der Waals surface area (Å²) in [5.74, 6) is 0. The van der Waals surface area contributed by atoms with Crippen molar-refractivity contribution in [2.75, 3.05) is 18.0 Å². The van der Waals surface area contributed by atoms with Crippen molar-refractivity contribution >= 4 is 35.0 Å². The Morgan fingerprint density at radius 2 is 2.05 bits per heavy atom. The average Bonchev–Trinajstić information content (AvgIpc) is 2.45. The molecule has 2 N–H and O–H groups in total. The van der Waals surface area contributed by atoms with Gasteiger partial charge in [-0.2, -0.15) is 0 Å². The Labute approximate surface area is 128 Å². The number of carbonyl (C=O) groups excluding carboxylic acids is 1. The molecule has 0 aliphatic carbocycles. The average molecular weight is 306 g/mol. The number of hydrogen-bond donors (Lipinski definition) is 1. The van der Waals surface area contributed by atoms with Crippen molar-refractivity contribution in [3.05, 3.63) is 34.5 Å². The van der Waals surface area contributed by atoms with Crippen LogP contribution in [0.1, 0.15) is 19.4 Å². The maximum Gasteiger partial charge on any atom is 0.404 e. The number of nitrogens with two attached hydrogens (primary N) is 1. The van der Waals surface area contributed by atoms with Crippen molar-refractivity contribution in [2.24, 2.45) is 5.73 Å². The molecule has 2 rings (SSSR count). The molecule has 6 heteroatoms. The number of benzene rings is 1. The first kappa shape index (κ1) is 15.3. The minimum absolute atomic E-state index is 0.0798. The summed E-state index contributed by atoms with van der Waals surface area (Å²) in [6.45, 7) is 6.10. The van der Waals surface area contributed by atoms with Gasteiger partial charge in [0.05, 0.1) is 0 Å². The van der Waals surface area contributed by atoms with Crippen LogP contribution in [0.2, 0.25) is 0 Å². The molecule has 0 fully saturated rings. The van der Waals surface area contributed by atoms with Crippen molar-refractivity contribution in [1.82, 2.24) is 0 Å². The fraction of sp³-hybridized carbons (Fsp3) is 0.333. The van der Waals surface area contributed by atoms with Crippen molar-refractivity contribution in [3.63, 3.8) is 0 Å². The molecule has 2 aromatic rings. The lowest BCUT2D eigenvalue weighted by molar-refractivity contribution is 0.150. The van der Waals surface area contributed by atoms with E-state index in [-0.39, 0.29) is 6.61 Å². The fourth-order valence-corrected chi connectivity index (χ4v) is 2.50. The molecule has 0 saturated carbocycles. The topological polar surface area (TPSA) is 68.7 Å². The van der Waals surface area contributed by atoms with Crippen LogP contribution in [-0.2, 0) is 11.3 Å². The fourth-order valence-electron chi connectivity index (χ4n) is 2.27. The highest BCUT2D eigenvalue weighted by Crippen LogP contribution is 2.26. The molecule has 0 radical (unpaired) electrons. The number of primary amides is 1. The van der Waals surface area contributed by atoms with E-state index in [2.05, 4.69) is 18.7 Å². The van der Waals surface area contributed by atoms with Crippen LogP contribution in [0.25, 0.3) is 11.0 Å². The number of rotatable bonds is 5. The minimum atomic E-state index is -0.811. The predicted octanol–water partition coefficient (Wildman–Crippen LogP) is 3.60. The number of fused-ring (bicyclic) bond motifs is 1. The summed E-state index contributed by atoms with van der Waals surface area (Å²) in [5.41, 5.74) is 7.53. The number of hydrogen-bond acceptors (Lipinski definition) is 5. The third kappa shape index (κ3) is 3.52. The van der Waals surface area contributed by atoms with Gasteiger partial charge in [0.1, 0.15) is 12.2 Å². The van der Waals surface area contributed by atoms with E-state index < -0.39 is 6.09 Å². The van der Waals surface area contributed by atoms with Gasteiger partial charge in [-0.05, 0) is 44.3 Å². The monoisotopic (exact) mass is 306 g/mol. The first-order valence-corrected chi connectivity index (χ1v) is 7.20. The van der Waals surface area contributed by atoms with Crippen LogP contribution >= 0.6 is 12.2 Å². The van der Waals surface area contributed by atoms with Crippen molar-refractivity contribution in [2.45, 2.75) is 20.5 Å². The highest BCUT2D eigenvalue weighted by atomic mass is 32.1. The summed E-state index contributed by atoms with van der Waals surface area (Å²) in [5, 5.41) is 0.862. The summed E-state index contributed by atoms with van der Waals surface area (Å²) in [7, 11) is 0. The highest BCUT2D eigenvalue weighted by molar-refractivity contribution is 7.71. The van der Waals surface area contributed by atoms with Crippen LogP contribution in [0.5, 0.6) is 0 Å². The summed E-state index contributed by atoms with van der Waals surface area (Å²) >= 11 is 5.12. The summed E-state index contributed by atoms with van der Waals surface area (Å²) in [6, 6.07) is 7.59. The standard InChI is InChI=1S/C15H18N2O3S/c1-3-17(4-2)11-5-6-12-10(9-19-15(16)18)7-14(21)20-13(12)8-11/h5-8H,3-4,9H2,1-2H3,(H2,16,18). The summed E-state index contributed by atoms with van der Waals surface area (Å²) in [6.07, 6.45) is -0.811. The third-order valence-electron chi connectivity index (χ3n) is 3.31. The van der Waals surface area contributed by atoms with Crippen LogP contribution in [-0.4, -0.2) is 19.2 Å². The van der Waals surface area contributed by atoms with Crippen molar-refractivity contribution in [3.8, 4) is 0 Å². The molecule has 0 bridgehead atoms. The maximum absolute atomic E-state index is 10.8. The van der Waals surface area contributed by atoms with Gasteiger partial charge in [-0.3, -0.25) is 0 Å². The molecule has 1 heterocycles. The lowest BCUT2D eigenvalue weighted by Crippen LogP contribution is -2.21. The lowest BCUT2D eigenvalue weighted by Gasteiger charge is -2.21. The van der Waals surface area contributed by atoms with Gasteiger partial charge in [0, 0.05) is 35.8 Å². The van der Waals surface area contributed by atoms with Gasteiger partial charge in [0.15, 0.2) is 4.71 Å². The molecule has 0 aliphatic rings. The minimum Gasteiger partial charge on any atom is -0.445 e. The molecule has 5 nitrogen and oxygen atoms in total. The number of nitrogens with zero attached hydrogens (tertiary/aromatic N) is 1. The second kappa shape index (κ2) is 6.58. The summed E-state index contributed by atoms with van der Waals surface area (Å²) < 4.78 is 10.8. The Morgan fingerprint density at radius 3 is 2.67 bits per heavy atom. The van der Waals surface area contributed by atoms with Gasteiger partial charge >= 0.3 is 6.09 Å². The zero-order valence-corrected chi connectivity index (χ0v) is 12.9. The van der Waals surface area contributed by atoms with Gasteiger partial charge < -0.3 is 19.8 Å². The number of carbonyl (C=O) groups is 1. The third-order valence-corrected chi connectivity index (χ3v) is 3.51. The Morgan fingerprint density at radius 1 is 1.33 bits per heavy atom. The number of anilines is 1. The van der Waals surface area contributed by atoms with Gasteiger partial charge in [0.25, 0.3) is 0 Å².